The Balaban J connectivity index is 2.09. The summed E-state index contributed by atoms with van der Waals surface area (Å²) >= 11 is 5.99. The molecule has 2 rings (SSSR count). The van der Waals surface area contributed by atoms with Crippen LogP contribution in [-0.2, 0) is 6.42 Å². The Morgan fingerprint density at radius 3 is 2.40 bits per heavy atom. The Morgan fingerprint density at radius 2 is 1.80 bits per heavy atom. The van der Waals surface area contributed by atoms with Crippen LogP contribution in [0.4, 0.5) is 5.69 Å². The first-order valence-corrected chi connectivity index (χ1v) is 7.59. The highest BCUT2D eigenvalue weighted by molar-refractivity contribution is 6.30. The first-order valence-electron chi connectivity index (χ1n) is 7.21. The molecule has 20 heavy (non-hydrogen) atoms. The molecular formula is C18H22ClN. The van der Waals surface area contributed by atoms with Crippen molar-refractivity contribution in [1.29, 1.82) is 0 Å². The third-order valence-corrected chi connectivity index (χ3v) is 3.81. The molecule has 106 valence electrons. The molecule has 1 nitrogen and oxygen atoms in total. The Kier molecular flexibility index (Phi) is 5.08. The summed E-state index contributed by atoms with van der Waals surface area (Å²) in [5.74, 6) is 0. The quantitative estimate of drug-likeness (QED) is 0.735. The first-order chi connectivity index (χ1) is 9.60. The number of hydrogen-bond donors (Lipinski definition) is 1. The van der Waals surface area contributed by atoms with Gasteiger partial charge in [0.1, 0.15) is 0 Å². The van der Waals surface area contributed by atoms with Crippen LogP contribution in [0.5, 0.6) is 0 Å². The molecule has 0 fully saturated rings. The highest BCUT2D eigenvalue weighted by Gasteiger charge is 2.07. The second-order valence-electron chi connectivity index (χ2n) is 5.32. The van der Waals surface area contributed by atoms with Crippen molar-refractivity contribution in [1.82, 2.24) is 0 Å². The van der Waals surface area contributed by atoms with Gasteiger partial charge in [-0.05, 0) is 55.2 Å². The van der Waals surface area contributed by atoms with E-state index in [1.807, 2.05) is 18.2 Å². The van der Waals surface area contributed by atoms with E-state index in [1.54, 1.807) is 0 Å². The van der Waals surface area contributed by atoms with Crippen LogP contribution in [0.25, 0.3) is 0 Å². The van der Waals surface area contributed by atoms with E-state index in [9.17, 15) is 0 Å². The number of anilines is 1. The van der Waals surface area contributed by atoms with Gasteiger partial charge in [-0.15, -0.1) is 0 Å². The fourth-order valence-corrected chi connectivity index (χ4v) is 2.59. The van der Waals surface area contributed by atoms with Gasteiger partial charge < -0.3 is 5.32 Å². The van der Waals surface area contributed by atoms with E-state index in [4.69, 9.17) is 11.6 Å². The molecule has 0 saturated heterocycles. The zero-order valence-electron chi connectivity index (χ0n) is 12.4. The summed E-state index contributed by atoms with van der Waals surface area (Å²) in [6, 6.07) is 15.1. The van der Waals surface area contributed by atoms with E-state index in [2.05, 4.69) is 50.4 Å². The summed E-state index contributed by atoms with van der Waals surface area (Å²) in [6.45, 7) is 6.47. The standard InChI is InChI=1S/C18H22ClN/c1-4-5-15-6-8-16(9-7-15)14(3)20-18-11-10-17(19)12-13(18)2/h6-12,14,20H,4-5H2,1-3H3. The topological polar surface area (TPSA) is 12.0 Å². The van der Waals surface area contributed by atoms with Crippen LogP contribution in [0.1, 0.15) is 43.0 Å². The van der Waals surface area contributed by atoms with E-state index in [0.717, 1.165) is 17.1 Å². The average molecular weight is 288 g/mol. The SMILES string of the molecule is CCCc1ccc(C(C)Nc2ccc(Cl)cc2C)cc1. The average Bonchev–Trinajstić information content (AvgIpc) is 2.43. The smallest absolute Gasteiger partial charge is 0.0485 e. The lowest BCUT2D eigenvalue weighted by Gasteiger charge is -2.18. The van der Waals surface area contributed by atoms with Gasteiger partial charge in [0.2, 0.25) is 0 Å². The minimum Gasteiger partial charge on any atom is -0.378 e. The molecule has 1 N–H and O–H groups in total. The van der Waals surface area contributed by atoms with Crippen LogP contribution < -0.4 is 5.32 Å². The van der Waals surface area contributed by atoms with E-state index in [1.165, 1.54) is 23.1 Å². The van der Waals surface area contributed by atoms with Gasteiger partial charge in [0, 0.05) is 16.8 Å². The van der Waals surface area contributed by atoms with E-state index in [-0.39, 0.29) is 6.04 Å². The summed E-state index contributed by atoms with van der Waals surface area (Å²) in [6.07, 6.45) is 2.34. The number of aryl methyl sites for hydroxylation is 2. The lowest BCUT2D eigenvalue weighted by molar-refractivity contribution is 0.874. The van der Waals surface area contributed by atoms with Crippen LogP contribution in [0, 0.1) is 6.92 Å². The largest absolute Gasteiger partial charge is 0.378 e. The van der Waals surface area contributed by atoms with Gasteiger partial charge in [0.15, 0.2) is 0 Å². The number of benzene rings is 2. The molecule has 0 spiro atoms. The summed E-state index contributed by atoms with van der Waals surface area (Å²) in [5.41, 5.74) is 5.02. The zero-order valence-corrected chi connectivity index (χ0v) is 13.2. The maximum atomic E-state index is 5.99. The van der Waals surface area contributed by atoms with Crippen LogP contribution in [0.2, 0.25) is 5.02 Å². The second kappa shape index (κ2) is 6.81. The fraction of sp³-hybridized carbons (Fsp3) is 0.333. The van der Waals surface area contributed by atoms with Crippen molar-refractivity contribution < 1.29 is 0 Å². The van der Waals surface area contributed by atoms with Crippen LogP contribution >= 0.6 is 11.6 Å². The monoisotopic (exact) mass is 287 g/mol. The number of nitrogens with one attached hydrogen (secondary N) is 1. The highest BCUT2D eigenvalue weighted by Crippen LogP contribution is 2.24. The number of hydrogen-bond acceptors (Lipinski definition) is 1. The van der Waals surface area contributed by atoms with E-state index >= 15 is 0 Å². The van der Waals surface area contributed by atoms with Gasteiger partial charge >= 0.3 is 0 Å². The van der Waals surface area contributed by atoms with Crippen LogP contribution in [-0.4, -0.2) is 0 Å². The van der Waals surface area contributed by atoms with Gasteiger partial charge in [-0.2, -0.15) is 0 Å². The molecule has 0 heterocycles. The molecular weight excluding hydrogens is 266 g/mol. The molecule has 1 unspecified atom stereocenters. The molecule has 0 bridgehead atoms. The third-order valence-electron chi connectivity index (χ3n) is 3.58. The minimum absolute atomic E-state index is 0.283. The Hall–Kier alpha value is -1.47. The van der Waals surface area contributed by atoms with Crippen molar-refractivity contribution in [3.05, 3.63) is 64.2 Å². The molecule has 0 aromatic heterocycles. The molecule has 0 amide bonds. The van der Waals surface area contributed by atoms with Crippen molar-refractivity contribution >= 4 is 17.3 Å². The predicted octanol–water partition coefficient (Wildman–Crippen LogP) is 5.77. The molecule has 2 heteroatoms. The zero-order chi connectivity index (χ0) is 14.5. The maximum Gasteiger partial charge on any atom is 0.0485 e. The lowest BCUT2D eigenvalue weighted by atomic mass is 10.0. The Morgan fingerprint density at radius 1 is 1.10 bits per heavy atom. The van der Waals surface area contributed by atoms with Gasteiger partial charge in [-0.3, -0.25) is 0 Å². The molecule has 0 aliphatic rings. The number of rotatable bonds is 5. The Labute approximate surface area is 127 Å². The predicted molar refractivity (Wildman–Crippen MR) is 88.7 cm³/mol. The van der Waals surface area contributed by atoms with Gasteiger partial charge in [0.05, 0.1) is 0 Å². The van der Waals surface area contributed by atoms with Crippen molar-refractivity contribution in [3.8, 4) is 0 Å². The van der Waals surface area contributed by atoms with Crippen molar-refractivity contribution in [2.75, 3.05) is 5.32 Å². The molecule has 0 saturated carbocycles. The van der Waals surface area contributed by atoms with Crippen molar-refractivity contribution in [2.24, 2.45) is 0 Å². The molecule has 0 aliphatic carbocycles. The summed E-state index contributed by atoms with van der Waals surface area (Å²) in [4.78, 5) is 0. The minimum atomic E-state index is 0.283. The summed E-state index contributed by atoms with van der Waals surface area (Å²) in [5, 5.41) is 4.33. The molecule has 0 aliphatic heterocycles. The summed E-state index contributed by atoms with van der Waals surface area (Å²) in [7, 11) is 0. The molecule has 2 aromatic rings. The van der Waals surface area contributed by atoms with Gasteiger partial charge in [-0.1, -0.05) is 49.2 Å². The molecule has 1 atom stereocenters. The second-order valence-corrected chi connectivity index (χ2v) is 5.75. The molecule has 2 aromatic carbocycles. The fourth-order valence-electron chi connectivity index (χ4n) is 2.37. The van der Waals surface area contributed by atoms with E-state index < -0.39 is 0 Å². The summed E-state index contributed by atoms with van der Waals surface area (Å²) < 4.78 is 0. The van der Waals surface area contributed by atoms with Crippen molar-refractivity contribution in [2.45, 2.75) is 39.7 Å². The maximum absolute atomic E-state index is 5.99. The van der Waals surface area contributed by atoms with Gasteiger partial charge in [0.25, 0.3) is 0 Å². The molecule has 0 radical (unpaired) electrons. The first kappa shape index (κ1) is 14.9. The third kappa shape index (κ3) is 3.77. The lowest BCUT2D eigenvalue weighted by Crippen LogP contribution is -2.07. The van der Waals surface area contributed by atoms with Crippen LogP contribution in [0.3, 0.4) is 0 Å². The van der Waals surface area contributed by atoms with Crippen molar-refractivity contribution in [3.63, 3.8) is 0 Å². The Bertz CT molecular complexity index is 560. The highest BCUT2D eigenvalue weighted by atomic mass is 35.5. The van der Waals surface area contributed by atoms with Crippen LogP contribution in [0.15, 0.2) is 42.5 Å². The number of halogens is 1. The normalized spacial score (nSPS) is 12.2. The van der Waals surface area contributed by atoms with E-state index in [0.29, 0.717) is 0 Å². The van der Waals surface area contributed by atoms with Gasteiger partial charge in [-0.25, -0.2) is 0 Å².